The van der Waals surface area contributed by atoms with Crippen molar-refractivity contribution in [1.82, 2.24) is 14.9 Å². The minimum atomic E-state index is 0.424. The first-order valence-electron chi connectivity index (χ1n) is 5.95. The van der Waals surface area contributed by atoms with Crippen LogP contribution >= 0.6 is 0 Å². The molecule has 1 aliphatic rings. The zero-order valence-electron chi connectivity index (χ0n) is 9.74. The highest BCUT2D eigenvalue weighted by Gasteiger charge is 2.22. The predicted molar refractivity (Wildman–Crippen MR) is 61.6 cm³/mol. The van der Waals surface area contributed by atoms with Gasteiger partial charge in [0.25, 0.3) is 0 Å². The molecule has 1 aromatic heterocycles. The van der Waals surface area contributed by atoms with Gasteiger partial charge in [-0.25, -0.2) is 4.98 Å². The molecule has 1 aliphatic carbocycles. The lowest BCUT2D eigenvalue weighted by atomic mass is 9.98. The lowest BCUT2D eigenvalue weighted by Crippen LogP contribution is -2.22. The summed E-state index contributed by atoms with van der Waals surface area (Å²) in [7, 11) is 4.11. The van der Waals surface area contributed by atoms with Gasteiger partial charge in [0, 0.05) is 19.4 Å². The fourth-order valence-electron chi connectivity index (χ4n) is 2.64. The molecule has 0 aromatic carbocycles. The molecular formula is C12H21N3. The van der Waals surface area contributed by atoms with Crippen LogP contribution in [0, 0.1) is 5.92 Å². The van der Waals surface area contributed by atoms with Crippen molar-refractivity contribution in [2.24, 2.45) is 13.0 Å². The van der Waals surface area contributed by atoms with Crippen LogP contribution in [0.1, 0.15) is 44.0 Å². The van der Waals surface area contributed by atoms with Gasteiger partial charge in [-0.05, 0) is 19.4 Å². The van der Waals surface area contributed by atoms with E-state index in [1.807, 2.05) is 19.4 Å². The Morgan fingerprint density at radius 3 is 2.80 bits per heavy atom. The maximum Gasteiger partial charge on any atom is 0.125 e. The molecule has 3 heteroatoms. The Bertz CT molecular complexity index is 300. The first-order valence-corrected chi connectivity index (χ1v) is 5.95. The molecule has 0 amide bonds. The van der Waals surface area contributed by atoms with E-state index in [4.69, 9.17) is 0 Å². The summed E-state index contributed by atoms with van der Waals surface area (Å²) >= 11 is 0. The summed E-state index contributed by atoms with van der Waals surface area (Å²) < 4.78 is 2.12. The van der Waals surface area contributed by atoms with Gasteiger partial charge in [-0.3, -0.25) is 0 Å². The third kappa shape index (κ3) is 2.40. The summed E-state index contributed by atoms with van der Waals surface area (Å²) in [6.07, 6.45) is 10.8. The molecule has 2 rings (SSSR count). The van der Waals surface area contributed by atoms with Gasteiger partial charge in [0.2, 0.25) is 0 Å². The van der Waals surface area contributed by atoms with Gasteiger partial charge in [-0.15, -0.1) is 0 Å². The van der Waals surface area contributed by atoms with Gasteiger partial charge in [-0.1, -0.05) is 25.7 Å². The zero-order chi connectivity index (χ0) is 10.7. The molecule has 1 atom stereocenters. The number of nitrogens with one attached hydrogen (secondary N) is 1. The first-order chi connectivity index (χ1) is 7.31. The van der Waals surface area contributed by atoms with E-state index in [9.17, 15) is 0 Å². The maximum atomic E-state index is 4.43. The standard InChI is InChI=1S/C12H21N3/c1-13-11(9-10-5-3-4-6-10)12-14-7-8-15(12)2/h7-8,10-11,13H,3-6,9H2,1-2H3. The van der Waals surface area contributed by atoms with Gasteiger partial charge >= 0.3 is 0 Å². The number of aromatic nitrogens is 2. The second-order valence-electron chi connectivity index (χ2n) is 4.62. The molecule has 0 radical (unpaired) electrons. The molecule has 15 heavy (non-hydrogen) atoms. The minimum Gasteiger partial charge on any atom is -0.337 e. The quantitative estimate of drug-likeness (QED) is 0.820. The molecular weight excluding hydrogens is 186 g/mol. The topological polar surface area (TPSA) is 29.9 Å². The zero-order valence-corrected chi connectivity index (χ0v) is 9.74. The van der Waals surface area contributed by atoms with E-state index in [1.165, 1.54) is 37.9 Å². The Hall–Kier alpha value is -0.830. The molecule has 1 N–H and O–H groups in total. The lowest BCUT2D eigenvalue weighted by Gasteiger charge is -2.19. The van der Waals surface area contributed by atoms with E-state index in [0.29, 0.717) is 6.04 Å². The van der Waals surface area contributed by atoms with Gasteiger partial charge in [0.1, 0.15) is 5.82 Å². The highest BCUT2D eigenvalue weighted by molar-refractivity contribution is 4.99. The largest absolute Gasteiger partial charge is 0.337 e. The molecule has 1 unspecified atom stereocenters. The molecule has 0 bridgehead atoms. The normalized spacial score (nSPS) is 19.6. The average Bonchev–Trinajstić information content (AvgIpc) is 2.85. The first kappa shape index (κ1) is 10.7. The van der Waals surface area contributed by atoms with E-state index < -0.39 is 0 Å². The van der Waals surface area contributed by atoms with Crippen LogP contribution in [0.4, 0.5) is 0 Å². The Labute approximate surface area is 91.9 Å². The van der Waals surface area contributed by atoms with E-state index in [0.717, 1.165) is 5.92 Å². The van der Waals surface area contributed by atoms with Crippen molar-refractivity contribution in [2.75, 3.05) is 7.05 Å². The summed E-state index contributed by atoms with van der Waals surface area (Å²) in [6, 6.07) is 0.424. The van der Waals surface area contributed by atoms with Crippen LogP contribution in [-0.2, 0) is 7.05 Å². The second-order valence-corrected chi connectivity index (χ2v) is 4.62. The average molecular weight is 207 g/mol. The number of hydrogen-bond acceptors (Lipinski definition) is 2. The van der Waals surface area contributed by atoms with Crippen LogP contribution in [0.5, 0.6) is 0 Å². The molecule has 0 saturated heterocycles. The van der Waals surface area contributed by atoms with Gasteiger partial charge in [0.05, 0.1) is 6.04 Å². The van der Waals surface area contributed by atoms with Crippen molar-refractivity contribution < 1.29 is 0 Å². The molecule has 0 aliphatic heterocycles. The Balaban J connectivity index is 2.00. The number of rotatable bonds is 4. The maximum absolute atomic E-state index is 4.43. The van der Waals surface area contributed by atoms with E-state index in [1.54, 1.807) is 0 Å². The van der Waals surface area contributed by atoms with Crippen LogP contribution in [-0.4, -0.2) is 16.6 Å². The third-order valence-electron chi connectivity index (χ3n) is 3.56. The number of aryl methyl sites for hydroxylation is 1. The lowest BCUT2D eigenvalue weighted by molar-refractivity contribution is 0.395. The van der Waals surface area contributed by atoms with Crippen LogP contribution < -0.4 is 5.32 Å². The van der Waals surface area contributed by atoms with E-state index in [-0.39, 0.29) is 0 Å². The smallest absolute Gasteiger partial charge is 0.125 e. The third-order valence-corrected chi connectivity index (χ3v) is 3.56. The van der Waals surface area contributed by atoms with Gasteiger partial charge in [-0.2, -0.15) is 0 Å². The van der Waals surface area contributed by atoms with Crippen molar-refractivity contribution in [1.29, 1.82) is 0 Å². The van der Waals surface area contributed by atoms with Gasteiger partial charge < -0.3 is 9.88 Å². The van der Waals surface area contributed by atoms with E-state index in [2.05, 4.69) is 21.9 Å². The van der Waals surface area contributed by atoms with E-state index >= 15 is 0 Å². The van der Waals surface area contributed by atoms with Crippen molar-refractivity contribution >= 4 is 0 Å². The summed E-state index contributed by atoms with van der Waals surface area (Å²) in [5.41, 5.74) is 0. The summed E-state index contributed by atoms with van der Waals surface area (Å²) in [4.78, 5) is 4.43. The minimum absolute atomic E-state index is 0.424. The second kappa shape index (κ2) is 4.79. The van der Waals surface area contributed by atoms with Crippen molar-refractivity contribution in [3.8, 4) is 0 Å². The molecule has 1 saturated carbocycles. The Morgan fingerprint density at radius 1 is 1.53 bits per heavy atom. The highest BCUT2D eigenvalue weighted by atomic mass is 15.1. The summed E-state index contributed by atoms with van der Waals surface area (Å²) in [5.74, 6) is 2.07. The SMILES string of the molecule is CNC(CC1CCCC1)c1nccn1C. The summed E-state index contributed by atoms with van der Waals surface area (Å²) in [5, 5.41) is 3.39. The van der Waals surface area contributed by atoms with Crippen molar-refractivity contribution in [2.45, 2.75) is 38.1 Å². The van der Waals surface area contributed by atoms with Gasteiger partial charge in [0.15, 0.2) is 0 Å². The van der Waals surface area contributed by atoms with Crippen LogP contribution in [0.2, 0.25) is 0 Å². The van der Waals surface area contributed by atoms with Crippen LogP contribution in [0.15, 0.2) is 12.4 Å². The van der Waals surface area contributed by atoms with Crippen LogP contribution in [0.3, 0.4) is 0 Å². The fraction of sp³-hybridized carbons (Fsp3) is 0.750. The predicted octanol–water partition coefficient (Wildman–Crippen LogP) is 2.26. The monoisotopic (exact) mass is 207 g/mol. The molecule has 84 valence electrons. The molecule has 1 heterocycles. The van der Waals surface area contributed by atoms with Crippen molar-refractivity contribution in [3.63, 3.8) is 0 Å². The number of nitrogens with zero attached hydrogens (tertiary/aromatic N) is 2. The Morgan fingerprint density at radius 2 is 2.27 bits per heavy atom. The van der Waals surface area contributed by atoms with Crippen LogP contribution in [0.25, 0.3) is 0 Å². The number of imidazole rings is 1. The molecule has 3 nitrogen and oxygen atoms in total. The van der Waals surface area contributed by atoms with Crippen molar-refractivity contribution in [3.05, 3.63) is 18.2 Å². The Kier molecular flexibility index (Phi) is 3.41. The highest BCUT2D eigenvalue weighted by Crippen LogP contribution is 2.32. The number of hydrogen-bond donors (Lipinski definition) is 1. The molecule has 1 aromatic rings. The molecule has 1 fully saturated rings. The summed E-state index contributed by atoms with van der Waals surface area (Å²) in [6.45, 7) is 0. The molecule has 0 spiro atoms. The fourth-order valence-corrected chi connectivity index (χ4v) is 2.64.